The number of carbonyl (C=O) groups is 2. The molecule has 0 bridgehead atoms. The number of anilines is 1. The molecule has 37 heavy (non-hydrogen) atoms. The summed E-state index contributed by atoms with van der Waals surface area (Å²) in [6, 6.07) is 17.4. The number of rotatable bonds is 10. The van der Waals surface area contributed by atoms with Gasteiger partial charge in [0.1, 0.15) is 24.2 Å². The van der Waals surface area contributed by atoms with Crippen LogP contribution in [-0.4, -0.2) is 51.9 Å². The molecule has 8 nitrogen and oxygen atoms in total. The van der Waals surface area contributed by atoms with Crippen LogP contribution in [-0.2, 0) is 26.2 Å². The molecule has 0 aliphatic heterocycles. The molecule has 0 aliphatic carbocycles. The quantitative estimate of drug-likeness (QED) is 0.436. The lowest BCUT2D eigenvalue weighted by Gasteiger charge is -2.31. The Balaban J connectivity index is 2.04. The van der Waals surface area contributed by atoms with E-state index in [0.717, 1.165) is 9.87 Å². The molecule has 0 saturated carbocycles. The van der Waals surface area contributed by atoms with Crippen LogP contribution >= 0.6 is 0 Å². The fourth-order valence-electron chi connectivity index (χ4n) is 3.72. The predicted molar refractivity (Wildman–Crippen MR) is 139 cm³/mol. The maximum absolute atomic E-state index is 14.4. The highest BCUT2D eigenvalue weighted by molar-refractivity contribution is 7.92. The monoisotopic (exact) mass is 527 g/mol. The van der Waals surface area contributed by atoms with Gasteiger partial charge in [-0.25, -0.2) is 12.8 Å². The summed E-state index contributed by atoms with van der Waals surface area (Å²) in [5.74, 6) is -1.17. The molecule has 1 unspecified atom stereocenters. The lowest BCUT2D eigenvalue weighted by atomic mass is 10.1. The standard InChI is InChI=1S/C27H30FN3O5S/c1-19-9-15-24(16-10-19)37(34,35)31(22-11-13-23(36-4)14-12-22)18-26(32)30(20(2)27(33)29-3)17-21-7-5-6-8-25(21)28/h5-16,20H,17-18H2,1-4H3,(H,29,33). The molecule has 2 amide bonds. The number of ether oxygens (including phenoxy) is 1. The minimum absolute atomic E-state index is 0.00159. The van der Waals surface area contributed by atoms with Gasteiger partial charge in [0.05, 0.1) is 17.7 Å². The van der Waals surface area contributed by atoms with Gasteiger partial charge in [-0.2, -0.15) is 0 Å². The van der Waals surface area contributed by atoms with Gasteiger partial charge in [-0.05, 0) is 56.3 Å². The first kappa shape index (κ1) is 27.7. The van der Waals surface area contributed by atoms with Gasteiger partial charge >= 0.3 is 0 Å². The SMILES string of the molecule is CNC(=O)C(C)N(Cc1ccccc1F)C(=O)CN(c1ccc(OC)cc1)S(=O)(=O)c1ccc(C)cc1. The average molecular weight is 528 g/mol. The van der Waals surface area contributed by atoms with Gasteiger partial charge in [-0.1, -0.05) is 35.9 Å². The Bertz CT molecular complexity index is 1350. The summed E-state index contributed by atoms with van der Waals surface area (Å²) in [6.07, 6.45) is 0. The van der Waals surface area contributed by atoms with Crippen LogP contribution in [0.5, 0.6) is 5.75 Å². The Hall–Kier alpha value is -3.92. The number of likely N-dealkylation sites (N-methyl/N-ethyl adjacent to an activating group) is 1. The zero-order valence-electron chi connectivity index (χ0n) is 21.1. The van der Waals surface area contributed by atoms with E-state index in [9.17, 15) is 22.4 Å². The van der Waals surface area contributed by atoms with E-state index < -0.39 is 40.2 Å². The van der Waals surface area contributed by atoms with Crippen molar-refractivity contribution in [2.45, 2.75) is 31.3 Å². The van der Waals surface area contributed by atoms with Gasteiger partial charge < -0.3 is 15.0 Å². The van der Waals surface area contributed by atoms with E-state index >= 15 is 0 Å². The van der Waals surface area contributed by atoms with Gasteiger partial charge in [0.2, 0.25) is 11.8 Å². The number of aryl methyl sites for hydroxylation is 1. The summed E-state index contributed by atoms with van der Waals surface area (Å²) in [5, 5.41) is 2.49. The van der Waals surface area contributed by atoms with Crippen molar-refractivity contribution in [1.29, 1.82) is 0 Å². The van der Waals surface area contributed by atoms with Gasteiger partial charge in [-0.3, -0.25) is 13.9 Å². The molecule has 0 aliphatic rings. The molecule has 196 valence electrons. The van der Waals surface area contributed by atoms with Crippen LogP contribution in [0.1, 0.15) is 18.1 Å². The highest BCUT2D eigenvalue weighted by atomic mass is 32.2. The molecular weight excluding hydrogens is 497 g/mol. The molecule has 0 saturated heterocycles. The third-order valence-corrected chi connectivity index (χ3v) is 7.75. The second-order valence-corrected chi connectivity index (χ2v) is 10.3. The fourth-order valence-corrected chi connectivity index (χ4v) is 5.13. The van der Waals surface area contributed by atoms with Crippen LogP contribution in [0, 0.1) is 12.7 Å². The minimum atomic E-state index is -4.18. The molecular formula is C27H30FN3O5S. The van der Waals surface area contributed by atoms with Crippen molar-refractivity contribution in [2.24, 2.45) is 0 Å². The molecule has 0 fully saturated rings. The van der Waals surface area contributed by atoms with Crippen molar-refractivity contribution < 1.29 is 27.1 Å². The molecule has 3 aromatic rings. The van der Waals surface area contributed by atoms with Crippen molar-refractivity contribution in [2.75, 3.05) is 25.0 Å². The lowest BCUT2D eigenvalue weighted by molar-refractivity contribution is -0.139. The van der Waals surface area contributed by atoms with Gasteiger partial charge in [0.15, 0.2) is 0 Å². The number of hydrogen-bond donors (Lipinski definition) is 1. The fraction of sp³-hybridized carbons (Fsp3) is 0.259. The number of halogens is 1. The lowest BCUT2D eigenvalue weighted by Crippen LogP contribution is -2.50. The van der Waals surface area contributed by atoms with Gasteiger partial charge in [-0.15, -0.1) is 0 Å². The first-order valence-corrected chi connectivity index (χ1v) is 13.0. The third-order valence-electron chi connectivity index (χ3n) is 5.96. The normalized spacial score (nSPS) is 11.9. The van der Waals surface area contributed by atoms with Crippen LogP contribution in [0.15, 0.2) is 77.7 Å². The molecule has 10 heteroatoms. The summed E-state index contributed by atoms with van der Waals surface area (Å²) >= 11 is 0. The average Bonchev–Trinajstić information content (AvgIpc) is 2.90. The predicted octanol–water partition coefficient (Wildman–Crippen LogP) is 3.50. The zero-order chi connectivity index (χ0) is 27.2. The van der Waals surface area contributed by atoms with Crippen molar-refractivity contribution >= 4 is 27.5 Å². The van der Waals surface area contributed by atoms with Crippen molar-refractivity contribution in [3.8, 4) is 5.75 Å². The van der Waals surface area contributed by atoms with Gasteiger partial charge in [0, 0.05) is 19.2 Å². The number of benzene rings is 3. The Morgan fingerprint density at radius 1 is 1.00 bits per heavy atom. The topological polar surface area (TPSA) is 96.0 Å². The number of carbonyl (C=O) groups excluding carboxylic acids is 2. The Morgan fingerprint density at radius 3 is 2.19 bits per heavy atom. The largest absolute Gasteiger partial charge is 0.497 e. The van der Waals surface area contributed by atoms with Crippen LogP contribution in [0.3, 0.4) is 0 Å². The highest BCUT2D eigenvalue weighted by Gasteiger charge is 2.32. The summed E-state index contributed by atoms with van der Waals surface area (Å²) in [6.45, 7) is 2.51. The molecule has 1 N–H and O–H groups in total. The second-order valence-electron chi connectivity index (χ2n) is 8.43. The van der Waals surface area contributed by atoms with E-state index in [1.54, 1.807) is 30.3 Å². The first-order chi connectivity index (χ1) is 17.6. The van der Waals surface area contributed by atoms with Crippen molar-refractivity contribution in [1.82, 2.24) is 10.2 Å². The Labute approximate surface area is 216 Å². The van der Waals surface area contributed by atoms with Crippen LogP contribution < -0.4 is 14.4 Å². The zero-order valence-corrected chi connectivity index (χ0v) is 22.0. The van der Waals surface area contributed by atoms with E-state index in [1.165, 1.54) is 68.4 Å². The number of nitrogens with one attached hydrogen (secondary N) is 1. The summed E-state index contributed by atoms with van der Waals surface area (Å²) in [7, 11) is -1.27. The first-order valence-electron chi connectivity index (χ1n) is 11.6. The molecule has 3 rings (SSSR count). The van der Waals surface area contributed by atoms with E-state index in [0.29, 0.717) is 5.75 Å². The molecule has 1 atom stereocenters. The van der Waals surface area contributed by atoms with Crippen molar-refractivity contribution in [3.63, 3.8) is 0 Å². The summed E-state index contributed by atoms with van der Waals surface area (Å²) in [4.78, 5) is 27.3. The van der Waals surface area contributed by atoms with Crippen molar-refractivity contribution in [3.05, 3.63) is 89.7 Å². The molecule has 0 aromatic heterocycles. The number of nitrogens with zero attached hydrogens (tertiary/aromatic N) is 2. The second kappa shape index (κ2) is 11.9. The van der Waals surface area contributed by atoms with E-state index in [1.807, 2.05) is 6.92 Å². The van der Waals surface area contributed by atoms with E-state index in [2.05, 4.69) is 5.32 Å². The third kappa shape index (κ3) is 6.45. The summed E-state index contributed by atoms with van der Waals surface area (Å²) in [5.41, 5.74) is 1.30. The van der Waals surface area contributed by atoms with Gasteiger partial charge in [0.25, 0.3) is 10.0 Å². The molecule has 0 spiro atoms. The highest BCUT2D eigenvalue weighted by Crippen LogP contribution is 2.27. The summed E-state index contributed by atoms with van der Waals surface area (Å²) < 4.78 is 48.0. The number of sulfonamides is 1. The maximum Gasteiger partial charge on any atom is 0.264 e. The molecule has 0 heterocycles. The van der Waals surface area contributed by atoms with E-state index in [4.69, 9.17) is 4.74 Å². The van der Waals surface area contributed by atoms with Crippen LogP contribution in [0.2, 0.25) is 0 Å². The Kier molecular flexibility index (Phi) is 8.88. The molecule has 0 radical (unpaired) electrons. The van der Waals surface area contributed by atoms with Crippen LogP contribution in [0.4, 0.5) is 10.1 Å². The number of amides is 2. The number of methoxy groups -OCH3 is 1. The number of hydrogen-bond acceptors (Lipinski definition) is 5. The maximum atomic E-state index is 14.4. The Morgan fingerprint density at radius 2 is 1.62 bits per heavy atom. The smallest absolute Gasteiger partial charge is 0.264 e. The minimum Gasteiger partial charge on any atom is -0.497 e. The molecule has 3 aromatic carbocycles. The van der Waals surface area contributed by atoms with E-state index in [-0.39, 0.29) is 22.7 Å². The van der Waals surface area contributed by atoms with Crippen LogP contribution in [0.25, 0.3) is 0 Å².